The van der Waals surface area contributed by atoms with Crippen molar-refractivity contribution in [3.05, 3.63) is 27.4 Å². The lowest BCUT2D eigenvalue weighted by Gasteiger charge is -2.18. The fourth-order valence-corrected chi connectivity index (χ4v) is 2.51. The SMILES string of the molecule is O=C(O)[C@@H]1CN(c2ncc(Cl)cc2[N+](=O)[O-])C[C@H]1C(F)(F)F. The van der Waals surface area contributed by atoms with Gasteiger partial charge in [0.1, 0.15) is 0 Å². The van der Waals surface area contributed by atoms with Gasteiger partial charge >= 0.3 is 17.8 Å². The summed E-state index contributed by atoms with van der Waals surface area (Å²) >= 11 is 5.59. The van der Waals surface area contributed by atoms with Crippen LogP contribution >= 0.6 is 11.6 Å². The Balaban J connectivity index is 2.39. The first kappa shape index (κ1) is 16.3. The van der Waals surface area contributed by atoms with Crippen LogP contribution in [0.1, 0.15) is 0 Å². The number of rotatable bonds is 3. The molecule has 0 radical (unpaired) electrons. The van der Waals surface area contributed by atoms with Crippen molar-refractivity contribution in [1.82, 2.24) is 4.98 Å². The van der Waals surface area contributed by atoms with Crippen molar-refractivity contribution >= 4 is 29.1 Å². The quantitative estimate of drug-likeness (QED) is 0.670. The van der Waals surface area contributed by atoms with E-state index < -0.39 is 47.7 Å². The summed E-state index contributed by atoms with van der Waals surface area (Å²) in [7, 11) is 0. The molecule has 2 rings (SSSR count). The average molecular weight is 340 g/mol. The number of carboxylic acid groups (broad SMARTS) is 1. The highest BCUT2D eigenvalue weighted by molar-refractivity contribution is 6.30. The summed E-state index contributed by atoms with van der Waals surface area (Å²) in [5.74, 6) is -5.77. The van der Waals surface area contributed by atoms with E-state index in [9.17, 15) is 28.1 Å². The third-order valence-corrected chi connectivity index (χ3v) is 3.57. The molecule has 0 unspecified atom stereocenters. The topological polar surface area (TPSA) is 96.6 Å². The summed E-state index contributed by atoms with van der Waals surface area (Å²) < 4.78 is 38.8. The minimum atomic E-state index is -4.72. The van der Waals surface area contributed by atoms with E-state index in [1.807, 2.05) is 0 Å². The Hall–Kier alpha value is -2.10. The molecule has 1 fully saturated rings. The largest absolute Gasteiger partial charge is 0.481 e. The first-order valence-electron chi connectivity index (χ1n) is 5.95. The predicted molar refractivity (Wildman–Crippen MR) is 68.8 cm³/mol. The van der Waals surface area contributed by atoms with Gasteiger partial charge in [-0.2, -0.15) is 13.2 Å². The Morgan fingerprint density at radius 3 is 2.59 bits per heavy atom. The van der Waals surface area contributed by atoms with Crippen LogP contribution in [-0.2, 0) is 4.79 Å². The number of nitro groups is 1. The molecule has 7 nitrogen and oxygen atoms in total. The van der Waals surface area contributed by atoms with Crippen LogP contribution in [0.25, 0.3) is 0 Å². The van der Waals surface area contributed by atoms with Gasteiger partial charge < -0.3 is 10.0 Å². The standard InChI is InChI=1S/C11H9ClF3N3O4/c12-5-1-8(18(21)22)9(16-2-5)17-3-6(10(19)20)7(4-17)11(13,14)15/h1-2,6-7H,3-4H2,(H,19,20)/t6-,7-/m1/s1. The maximum atomic E-state index is 12.9. The van der Waals surface area contributed by atoms with Gasteiger partial charge in [-0.15, -0.1) is 0 Å². The lowest BCUT2D eigenvalue weighted by atomic mass is 9.96. The Bertz CT molecular complexity index is 625. The number of pyridine rings is 1. The zero-order valence-corrected chi connectivity index (χ0v) is 11.5. The van der Waals surface area contributed by atoms with Crippen molar-refractivity contribution in [2.45, 2.75) is 6.18 Å². The van der Waals surface area contributed by atoms with E-state index in [-0.39, 0.29) is 10.8 Å². The van der Waals surface area contributed by atoms with Crippen LogP contribution in [0.3, 0.4) is 0 Å². The van der Waals surface area contributed by atoms with Gasteiger partial charge in [-0.05, 0) is 0 Å². The minimum Gasteiger partial charge on any atom is -0.481 e. The van der Waals surface area contributed by atoms with Crippen molar-refractivity contribution in [3.63, 3.8) is 0 Å². The van der Waals surface area contributed by atoms with E-state index in [0.717, 1.165) is 17.2 Å². The van der Waals surface area contributed by atoms with Crippen molar-refractivity contribution in [2.75, 3.05) is 18.0 Å². The molecule has 1 saturated heterocycles. The lowest BCUT2D eigenvalue weighted by molar-refractivity contribution is -0.384. The van der Waals surface area contributed by atoms with E-state index in [0.29, 0.717) is 0 Å². The summed E-state index contributed by atoms with van der Waals surface area (Å²) in [5, 5.41) is 19.9. The molecule has 2 heterocycles. The molecule has 2 atom stereocenters. The van der Waals surface area contributed by atoms with Gasteiger partial charge in [0, 0.05) is 25.4 Å². The summed E-state index contributed by atoms with van der Waals surface area (Å²) in [6, 6.07) is 0.959. The van der Waals surface area contributed by atoms with E-state index >= 15 is 0 Å². The highest BCUT2D eigenvalue weighted by atomic mass is 35.5. The van der Waals surface area contributed by atoms with Gasteiger partial charge in [-0.25, -0.2) is 4.98 Å². The fourth-order valence-electron chi connectivity index (χ4n) is 2.36. The second-order valence-electron chi connectivity index (χ2n) is 4.75. The molecular weight excluding hydrogens is 331 g/mol. The molecule has 0 amide bonds. The molecule has 0 aromatic carbocycles. The van der Waals surface area contributed by atoms with Crippen LogP contribution in [0.2, 0.25) is 5.02 Å². The summed E-state index contributed by atoms with van der Waals surface area (Å²) in [5.41, 5.74) is -0.570. The number of hydrogen-bond acceptors (Lipinski definition) is 5. The highest BCUT2D eigenvalue weighted by Gasteiger charge is 2.53. The zero-order chi connectivity index (χ0) is 16.7. The molecule has 0 bridgehead atoms. The Morgan fingerprint density at radius 2 is 2.14 bits per heavy atom. The van der Waals surface area contributed by atoms with Crippen LogP contribution in [0.15, 0.2) is 12.3 Å². The summed E-state index contributed by atoms with van der Waals surface area (Å²) in [6.07, 6.45) is -3.67. The van der Waals surface area contributed by atoms with Crippen molar-refractivity contribution in [3.8, 4) is 0 Å². The number of carbonyl (C=O) groups is 1. The van der Waals surface area contributed by atoms with Crippen LogP contribution < -0.4 is 4.90 Å². The van der Waals surface area contributed by atoms with Crippen molar-refractivity contribution < 1.29 is 28.0 Å². The summed E-state index contributed by atoms with van der Waals surface area (Å²) in [4.78, 5) is 25.8. The number of carboxylic acids is 1. The molecule has 1 aromatic rings. The Labute approximate surface area is 126 Å². The van der Waals surface area contributed by atoms with Crippen LogP contribution in [-0.4, -0.2) is 40.2 Å². The van der Waals surface area contributed by atoms with Gasteiger partial charge in [0.25, 0.3) is 0 Å². The number of aromatic nitrogens is 1. The van der Waals surface area contributed by atoms with Gasteiger partial charge in [-0.1, -0.05) is 11.6 Å². The molecule has 120 valence electrons. The predicted octanol–water partition coefficient (Wildman–Crippen LogP) is 2.34. The fraction of sp³-hybridized carbons (Fsp3) is 0.455. The Kier molecular flexibility index (Phi) is 4.14. The third-order valence-electron chi connectivity index (χ3n) is 3.37. The zero-order valence-electron chi connectivity index (χ0n) is 10.7. The van der Waals surface area contributed by atoms with E-state index in [4.69, 9.17) is 16.7 Å². The van der Waals surface area contributed by atoms with Gasteiger partial charge in [-0.3, -0.25) is 14.9 Å². The van der Waals surface area contributed by atoms with Crippen molar-refractivity contribution in [2.24, 2.45) is 11.8 Å². The molecule has 0 aliphatic carbocycles. The maximum Gasteiger partial charge on any atom is 0.394 e. The van der Waals surface area contributed by atoms with Crippen LogP contribution in [0.4, 0.5) is 24.7 Å². The average Bonchev–Trinajstić information content (AvgIpc) is 2.83. The van der Waals surface area contributed by atoms with Gasteiger partial charge in [0.05, 0.1) is 21.8 Å². The number of hydrogen-bond donors (Lipinski definition) is 1. The number of alkyl halides is 3. The lowest BCUT2D eigenvalue weighted by Crippen LogP contribution is -2.33. The van der Waals surface area contributed by atoms with Crippen LogP contribution in [0, 0.1) is 22.0 Å². The first-order valence-corrected chi connectivity index (χ1v) is 6.33. The molecule has 1 aliphatic rings. The second kappa shape index (κ2) is 5.59. The van der Waals surface area contributed by atoms with E-state index in [2.05, 4.69) is 4.98 Å². The molecule has 11 heteroatoms. The number of anilines is 1. The number of aliphatic carboxylic acids is 1. The first-order chi connectivity index (χ1) is 10.1. The van der Waals surface area contributed by atoms with Crippen LogP contribution in [0.5, 0.6) is 0 Å². The summed E-state index contributed by atoms with van der Waals surface area (Å²) in [6.45, 7) is -1.23. The Morgan fingerprint density at radius 1 is 1.50 bits per heavy atom. The monoisotopic (exact) mass is 339 g/mol. The maximum absolute atomic E-state index is 12.9. The van der Waals surface area contributed by atoms with Crippen molar-refractivity contribution in [1.29, 1.82) is 0 Å². The molecule has 1 aliphatic heterocycles. The molecular formula is C11H9ClF3N3O4. The number of nitrogens with zero attached hydrogens (tertiary/aromatic N) is 3. The molecule has 0 spiro atoms. The highest BCUT2D eigenvalue weighted by Crippen LogP contribution is 2.41. The molecule has 1 N–H and O–H groups in total. The smallest absolute Gasteiger partial charge is 0.394 e. The molecule has 22 heavy (non-hydrogen) atoms. The van der Waals surface area contributed by atoms with E-state index in [1.165, 1.54) is 0 Å². The number of halogens is 4. The molecule has 0 saturated carbocycles. The minimum absolute atomic E-state index is 0.0446. The second-order valence-corrected chi connectivity index (χ2v) is 5.19. The van der Waals surface area contributed by atoms with Gasteiger partial charge in [0.15, 0.2) is 0 Å². The van der Waals surface area contributed by atoms with E-state index in [1.54, 1.807) is 0 Å². The normalized spacial score (nSPS) is 21.9. The third kappa shape index (κ3) is 3.06. The molecule has 1 aromatic heterocycles. The van der Waals surface area contributed by atoms with Gasteiger partial charge in [0.2, 0.25) is 5.82 Å².